The number of allylic oxidation sites excluding steroid dienone is 1. The van der Waals surface area contributed by atoms with E-state index in [0.29, 0.717) is 14.4 Å². The molecule has 0 amide bonds. The molecule has 2 aromatic heterocycles. The number of rotatable bonds is 3. The van der Waals surface area contributed by atoms with Gasteiger partial charge in [0.2, 0.25) is 0 Å². The molecular weight excluding hydrogens is 534 g/mol. The van der Waals surface area contributed by atoms with Crippen molar-refractivity contribution in [2.45, 2.75) is 39.7 Å². The Morgan fingerprint density at radius 3 is 2.50 bits per heavy atom. The van der Waals surface area contributed by atoms with Gasteiger partial charge in [-0.15, -0.1) is 0 Å². The summed E-state index contributed by atoms with van der Waals surface area (Å²) in [7, 11) is 0. The maximum Gasteiger partial charge on any atom is 0.271 e. The minimum Gasteiger partial charge on any atom is -0.318 e. The summed E-state index contributed by atoms with van der Waals surface area (Å²) < 4.78 is 4.78. The van der Waals surface area contributed by atoms with Crippen molar-refractivity contribution in [2.24, 2.45) is 4.99 Å². The average molecular weight is 562 g/mol. The first-order valence-corrected chi connectivity index (χ1v) is 14.7. The topological polar surface area (TPSA) is 39.3 Å². The molecule has 5 aromatic rings. The van der Waals surface area contributed by atoms with Crippen LogP contribution in [0, 0.1) is 20.8 Å². The highest BCUT2D eigenvalue weighted by Crippen LogP contribution is 2.42. The number of hydrogen-bond donors (Lipinski definition) is 0. The van der Waals surface area contributed by atoms with Crippen LogP contribution in [0.4, 0.5) is 0 Å². The Labute approximate surface area is 241 Å². The largest absolute Gasteiger partial charge is 0.318 e. The molecule has 1 aliphatic heterocycles. The Morgan fingerprint density at radius 1 is 0.950 bits per heavy atom. The summed E-state index contributed by atoms with van der Waals surface area (Å²) in [4.78, 5) is 20.0. The molecule has 3 heterocycles. The van der Waals surface area contributed by atoms with Crippen LogP contribution in [0.2, 0.25) is 5.02 Å². The first-order valence-electron chi connectivity index (χ1n) is 13.5. The second-order valence-corrected chi connectivity index (χ2v) is 12.0. The second-order valence-electron chi connectivity index (χ2n) is 10.6. The van der Waals surface area contributed by atoms with Crippen molar-refractivity contribution in [2.75, 3.05) is 0 Å². The van der Waals surface area contributed by atoms with Crippen LogP contribution >= 0.6 is 22.9 Å². The number of thiazole rings is 1. The zero-order chi connectivity index (χ0) is 27.5. The van der Waals surface area contributed by atoms with E-state index in [-0.39, 0.29) is 11.6 Å². The van der Waals surface area contributed by atoms with Crippen LogP contribution in [0.1, 0.15) is 51.7 Å². The number of aromatic nitrogens is 2. The molecule has 0 fully saturated rings. The van der Waals surface area contributed by atoms with Gasteiger partial charge in [-0.05, 0) is 86.2 Å². The van der Waals surface area contributed by atoms with Gasteiger partial charge >= 0.3 is 0 Å². The maximum atomic E-state index is 14.2. The van der Waals surface area contributed by atoms with Crippen LogP contribution in [0.3, 0.4) is 0 Å². The first kappa shape index (κ1) is 25.1. The molecule has 0 spiro atoms. The Hall–Kier alpha value is -3.93. The van der Waals surface area contributed by atoms with Gasteiger partial charge in [0.25, 0.3) is 5.56 Å². The van der Waals surface area contributed by atoms with E-state index in [0.717, 1.165) is 57.9 Å². The van der Waals surface area contributed by atoms with Crippen molar-refractivity contribution >= 4 is 34.7 Å². The number of nitrogens with zero attached hydrogens (tertiary/aromatic N) is 3. The van der Waals surface area contributed by atoms with Crippen molar-refractivity contribution in [1.29, 1.82) is 0 Å². The summed E-state index contributed by atoms with van der Waals surface area (Å²) in [6.45, 7) is 6.31. The van der Waals surface area contributed by atoms with Gasteiger partial charge in [-0.1, -0.05) is 83.1 Å². The number of benzene rings is 3. The van der Waals surface area contributed by atoms with E-state index in [2.05, 4.69) is 79.9 Å². The lowest BCUT2D eigenvalue weighted by molar-refractivity contribution is 0.585. The van der Waals surface area contributed by atoms with E-state index >= 15 is 0 Å². The third-order valence-corrected chi connectivity index (χ3v) is 9.45. The highest BCUT2D eigenvalue weighted by molar-refractivity contribution is 7.07. The Kier molecular flexibility index (Phi) is 6.02. The standard InChI is InChI=1S/C34H28ClN3OS/c1-20-12-15-25(16-13-20)37-21(2)18-24(22(37)3)19-30-33(39)38-32(27-10-6-7-11-29(27)35)28-17-14-23-8-4-5-9-26(23)31(28)36-34(38)40-30/h4-13,15-16,18-19,32H,14,17H2,1-3H3/b30-19+/t32-/m1/s1. The smallest absolute Gasteiger partial charge is 0.271 e. The third-order valence-electron chi connectivity index (χ3n) is 8.12. The highest BCUT2D eigenvalue weighted by atomic mass is 35.5. The highest BCUT2D eigenvalue weighted by Gasteiger charge is 2.33. The summed E-state index contributed by atoms with van der Waals surface area (Å²) in [5.41, 5.74) is 11.1. The van der Waals surface area contributed by atoms with Crippen LogP contribution in [0.15, 0.2) is 94.2 Å². The van der Waals surface area contributed by atoms with Crippen LogP contribution in [0.25, 0.3) is 17.5 Å². The summed E-state index contributed by atoms with van der Waals surface area (Å²) in [6, 6.07) is 26.7. The minimum absolute atomic E-state index is 0.0285. The average Bonchev–Trinajstić information content (AvgIpc) is 3.42. The van der Waals surface area contributed by atoms with Crippen molar-refractivity contribution in [1.82, 2.24) is 9.13 Å². The third kappa shape index (κ3) is 3.95. The molecule has 0 unspecified atom stereocenters. The SMILES string of the molecule is Cc1ccc(-n2c(C)cc(/C=c3/sc4n(c3=O)[C@H](c3ccccc3Cl)C3=C(N=4)c4ccccc4CC3)c2C)cc1. The van der Waals surface area contributed by atoms with Gasteiger partial charge in [0.05, 0.1) is 16.3 Å². The van der Waals surface area contributed by atoms with Gasteiger partial charge in [-0.3, -0.25) is 9.36 Å². The predicted octanol–water partition coefficient (Wildman–Crippen LogP) is 6.69. The second kappa shape index (κ2) is 9.61. The van der Waals surface area contributed by atoms with Gasteiger partial charge in [0.15, 0.2) is 4.80 Å². The quantitative estimate of drug-likeness (QED) is 0.242. The lowest BCUT2D eigenvalue weighted by Gasteiger charge is -2.31. The summed E-state index contributed by atoms with van der Waals surface area (Å²) in [5, 5.41) is 0.663. The van der Waals surface area contributed by atoms with Crippen molar-refractivity contribution in [3.63, 3.8) is 0 Å². The number of fused-ring (bicyclic) bond motifs is 3. The van der Waals surface area contributed by atoms with E-state index in [1.54, 1.807) is 0 Å². The van der Waals surface area contributed by atoms with Crippen LogP contribution in [-0.4, -0.2) is 9.13 Å². The molecule has 40 heavy (non-hydrogen) atoms. The molecule has 0 N–H and O–H groups in total. The Morgan fingerprint density at radius 2 is 1.70 bits per heavy atom. The molecule has 3 aromatic carbocycles. The fourth-order valence-electron chi connectivity index (χ4n) is 6.16. The summed E-state index contributed by atoms with van der Waals surface area (Å²) >= 11 is 8.23. The molecular formula is C34H28ClN3OS. The van der Waals surface area contributed by atoms with Gasteiger partial charge in [0, 0.05) is 27.7 Å². The predicted molar refractivity (Wildman–Crippen MR) is 164 cm³/mol. The minimum atomic E-state index is -0.282. The van der Waals surface area contributed by atoms with E-state index in [1.165, 1.54) is 22.5 Å². The monoisotopic (exact) mass is 561 g/mol. The van der Waals surface area contributed by atoms with E-state index < -0.39 is 0 Å². The zero-order valence-corrected chi connectivity index (χ0v) is 24.2. The van der Waals surface area contributed by atoms with Gasteiger partial charge < -0.3 is 4.57 Å². The lowest BCUT2D eigenvalue weighted by atomic mass is 9.83. The summed E-state index contributed by atoms with van der Waals surface area (Å²) in [5.74, 6) is 0. The molecule has 0 radical (unpaired) electrons. The molecule has 0 bridgehead atoms. The number of hydrogen-bond acceptors (Lipinski definition) is 3. The molecule has 4 nitrogen and oxygen atoms in total. The molecule has 1 atom stereocenters. The Balaban J connectivity index is 1.45. The fraction of sp³-hybridized carbons (Fsp3) is 0.176. The number of halogens is 1. The zero-order valence-electron chi connectivity index (χ0n) is 22.6. The van der Waals surface area contributed by atoms with Gasteiger partial charge in [0.1, 0.15) is 0 Å². The van der Waals surface area contributed by atoms with Crippen LogP contribution < -0.4 is 14.9 Å². The molecule has 0 saturated carbocycles. The van der Waals surface area contributed by atoms with E-state index in [9.17, 15) is 4.79 Å². The molecule has 198 valence electrons. The van der Waals surface area contributed by atoms with Crippen molar-refractivity contribution in [3.8, 4) is 5.69 Å². The van der Waals surface area contributed by atoms with Gasteiger partial charge in [-0.25, -0.2) is 4.99 Å². The Bertz CT molecular complexity index is 2020. The van der Waals surface area contributed by atoms with Crippen molar-refractivity contribution in [3.05, 3.63) is 148 Å². The maximum absolute atomic E-state index is 14.2. The van der Waals surface area contributed by atoms with Crippen molar-refractivity contribution < 1.29 is 0 Å². The molecule has 6 heteroatoms. The van der Waals surface area contributed by atoms with Crippen LogP contribution in [0.5, 0.6) is 0 Å². The van der Waals surface area contributed by atoms with E-state index in [1.807, 2.05) is 34.9 Å². The fourth-order valence-corrected chi connectivity index (χ4v) is 7.39. The molecule has 0 saturated heterocycles. The lowest BCUT2D eigenvalue weighted by Crippen LogP contribution is -2.38. The first-order chi connectivity index (χ1) is 19.4. The summed E-state index contributed by atoms with van der Waals surface area (Å²) in [6.07, 6.45) is 3.78. The molecule has 1 aliphatic carbocycles. The molecule has 2 aliphatic rings. The number of aryl methyl sites for hydroxylation is 3. The van der Waals surface area contributed by atoms with Gasteiger partial charge in [-0.2, -0.15) is 0 Å². The molecule has 7 rings (SSSR count). The van der Waals surface area contributed by atoms with E-state index in [4.69, 9.17) is 16.6 Å². The van der Waals surface area contributed by atoms with Crippen LogP contribution in [-0.2, 0) is 6.42 Å². The normalized spacial score (nSPS) is 16.4.